The zero-order chi connectivity index (χ0) is 13.3. The molecule has 0 aliphatic carbocycles. The number of ether oxygens (including phenoxy) is 1. The molecule has 0 saturated carbocycles. The van der Waals surface area contributed by atoms with Gasteiger partial charge in [0.1, 0.15) is 18.2 Å². The second kappa shape index (κ2) is 7.21. The van der Waals surface area contributed by atoms with E-state index < -0.39 is 0 Å². The Hall–Kier alpha value is -2.29. The van der Waals surface area contributed by atoms with Gasteiger partial charge in [-0.15, -0.1) is 0 Å². The van der Waals surface area contributed by atoms with E-state index >= 15 is 0 Å². The Morgan fingerprint density at radius 2 is 2.05 bits per heavy atom. The molecule has 0 radical (unpaired) electrons. The number of aromatic nitrogens is 1. The van der Waals surface area contributed by atoms with Crippen molar-refractivity contribution < 1.29 is 4.74 Å². The molecule has 3 nitrogen and oxygen atoms in total. The maximum absolute atomic E-state index is 5.65. The van der Waals surface area contributed by atoms with E-state index in [-0.39, 0.29) is 0 Å². The van der Waals surface area contributed by atoms with Crippen LogP contribution >= 0.6 is 0 Å². The summed E-state index contributed by atoms with van der Waals surface area (Å²) in [7, 11) is 0. The molecule has 1 aromatic heterocycles. The van der Waals surface area contributed by atoms with Gasteiger partial charge in [0.05, 0.1) is 0 Å². The normalized spacial score (nSPS) is 10.6. The van der Waals surface area contributed by atoms with Crippen LogP contribution in [0.4, 0.5) is 5.82 Å². The molecule has 0 fully saturated rings. The number of hydrogen-bond donors (Lipinski definition) is 1. The zero-order valence-corrected chi connectivity index (χ0v) is 11.0. The lowest BCUT2D eigenvalue weighted by Gasteiger charge is -2.06. The van der Waals surface area contributed by atoms with Crippen LogP contribution in [-0.4, -0.2) is 18.1 Å². The SMILES string of the molecule is CCNc1cc(OC/C=C/c2ccccc2)ccn1. The lowest BCUT2D eigenvalue weighted by Crippen LogP contribution is -2.00. The molecule has 0 bridgehead atoms. The van der Waals surface area contributed by atoms with Gasteiger partial charge in [-0.25, -0.2) is 4.98 Å². The number of benzene rings is 1. The molecule has 19 heavy (non-hydrogen) atoms. The first kappa shape index (κ1) is 13.1. The quantitative estimate of drug-likeness (QED) is 0.855. The van der Waals surface area contributed by atoms with E-state index in [9.17, 15) is 0 Å². The van der Waals surface area contributed by atoms with E-state index in [0.717, 1.165) is 18.1 Å². The van der Waals surface area contributed by atoms with Gasteiger partial charge in [0.15, 0.2) is 0 Å². The smallest absolute Gasteiger partial charge is 0.129 e. The van der Waals surface area contributed by atoms with Crippen LogP contribution in [0.25, 0.3) is 6.08 Å². The molecular formula is C16H18N2O. The third-order valence-electron chi connectivity index (χ3n) is 2.55. The van der Waals surface area contributed by atoms with Gasteiger partial charge < -0.3 is 10.1 Å². The molecule has 0 aliphatic heterocycles. The van der Waals surface area contributed by atoms with Gasteiger partial charge in [0, 0.05) is 18.8 Å². The van der Waals surface area contributed by atoms with Crippen LogP contribution in [0, 0.1) is 0 Å². The molecule has 2 aromatic rings. The molecule has 1 heterocycles. The van der Waals surface area contributed by atoms with E-state index in [1.807, 2.05) is 49.4 Å². The number of nitrogens with zero attached hydrogens (tertiary/aromatic N) is 1. The van der Waals surface area contributed by atoms with Gasteiger partial charge >= 0.3 is 0 Å². The van der Waals surface area contributed by atoms with E-state index in [0.29, 0.717) is 6.61 Å². The number of nitrogens with one attached hydrogen (secondary N) is 1. The van der Waals surface area contributed by atoms with Crippen molar-refractivity contribution in [2.24, 2.45) is 0 Å². The van der Waals surface area contributed by atoms with Crippen LogP contribution in [0.2, 0.25) is 0 Å². The highest BCUT2D eigenvalue weighted by Gasteiger charge is 1.95. The van der Waals surface area contributed by atoms with Gasteiger partial charge in [-0.3, -0.25) is 0 Å². The number of pyridine rings is 1. The molecule has 1 N–H and O–H groups in total. The maximum atomic E-state index is 5.65. The summed E-state index contributed by atoms with van der Waals surface area (Å²) in [5.74, 6) is 1.66. The minimum atomic E-state index is 0.546. The second-order valence-electron chi connectivity index (χ2n) is 4.03. The number of hydrogen-bond acceptors (Lipinski definition) is 3. The van der Waals surface area contributed by atoms with Crippen LogP contribution in [0.5, 0.6) is 5.75 Å². The molecule has 0 atom stereocenters. The topological polar surface area (TPSA) is 34.1 Å². The number of rotatable bonds is 6. The van der Waals surface area contributed by atoms with Crippen molar-refractivity contribution in [1.29, 1.82) is 0 Å². The summed E-state index contributed by atoms with van der Waals surface area (Å²) in [5.41, 5.74) is 1.18. The predicted molar refractivity (Wildman–Crippen MR) is 79.4 cm³/mol. The van der Waals surface area contributed by atoms with Crippen LogP contribution in [0.3, 0.4) is 0 Å². The average Bonchev–Trinajstić information content (AvgIpc) is 2.46. The fourth-order valence-electron chi connectivity index (χ4n) is 1.67. The van der Waals surface area contributed by atoms with Crippen molar-refractivity contribution in [3.8, 4) is 5.75 Å². The molecule has 0 unspecified atom stereocenters. The largest absolute Gasteiger partial charge is 0.489 e. The summed E-state index contributed by atoms with van der Waals surface area (Å²) in [5, 5.41) is 3.16. The first-order valence-corrected chi connectivity index (χ1v) is 6.43. The first-order valence-electron chi connectivity index (χ1n) is 6.43. The highest BCUT2D eigenvalue weighted by molar-refractivity contribution is 5.48. The average molecular weight is 254 g/mol. The monoisotopic (exact) mass is 254 g/mol. The van der Waals surface area contributed by atoms with Crippen molar-refractivity contribution in [1.82, 2.24) is 4.98 Å². The minimum Gasteiger partial charge on any atom is -0.489 e. The molecule has 0 aliphatic rings. The molecule has 2 rings (SSSR count). The van der Waals surface area contributed by atoms with Crippen molar-refractivity contribution in [3.05, 3.63) is 60.3 Å². The summed E-state index contributed by atoms with van der Waals surface area (Å²) in [4.78, 5) is 4.20. The summed E-state index contributed by atoms with van der Waals surface area (Å²) in [6, 6.07) is 13.9. The van der Waals surface area contributed by atoms with Crippen molar-refractivity contribution in [3.63, 3.8) is 0 Å². The minimum absolute atomic E-state index is 0.546. The lowest BCUT2D eigenvalue weighted by molar-refractivity contribution is 0.363. The van der Waals surface area contributed by atoms with Crippen molar-refractivity contribution in [2.75, 3.05) is 18.5 Å². The van der Waals surface area contributed by atoms with Gasteiger partial charge in [-0.2, -0.15) is 0 Å². The summed E-state index contributed by atoms with van der Waals surface area (Å²) in [6.45, 7) is 3.44. The molecule has 0 spiro atoms. The first-order chi connectivity index (χ1) is 9.38. The van der Waals surface area contributed by atoms with Gasteiger partial charge in [0.2, 0.25) is 0 Å². The Morgan fingerprint density at radius 3 is 2.84 bits per heavy atom. The van der Waals surface area contributed by atoms with Crippen LogP contribution in [0.15, 0.2) is 54.7 Å². The van der Waals surface area contributed by atoms with Crippen molar-refractivity contribution in [2.45, 2.75) is 6.92 Å². The zero-order valence-electron chi connectivity index (χ0n) is 11.0. The lowest BCUT2D eigenvalue weighted by atomic mass is 10.2. The Balaban J connectivity index is 1.85. The third-order valence-corrected chi connectivity index (χ3v) is 2.55. The summed E-state index contributed by atoms with van der Waals surface area (Å²) < 4.78 is 5.65. The highest BCUT2D eigenvalue weighted by Crippen LogP contribution is 2.14. The second-order valence-corrected chi connectivity index (χ2v) is 4.03. The Morgan fingerprint density at radius 1 is 1.21 bits per heavy atom. The van der Waals surface area contributed by atoms with Crippen LogP contribution in [-0.2, 0) is 0 Å². The van der Waals surface area contributed by atoms with E-state index in [1.165, 1.54) is 5.56 Å². The summed E-state index contributed by atoms with van der Waals surface area (Å²) >= 11 is 0. The Bertz CT molecular complexity index is 523. The van der Waals surface area contributed by atoms with Crippen LogP contribution < -0.4 is 10.1 Å². The standard InChI is InChI=1S/C16H18N2O/c1-2-17-16-13-15(10-11-18-16)19-12-6-9-14-7-4-3-5-8-14/h3-11,13H,2,12H2,1H3,(H,17,18)/b9-6+. The Kier molecular flexibility index (Phi) is 4.99. The van der Waals surface area contributed by atoms with Gasteiger partial charge in [-0.05, 0) is 24.6 Å². The molecule has 3 heteroatoms. The molecule has 1 aromatic carbocycles. The van der Waals surface area contributed by atoms with Crippen molar-refractivity contribution >= 4 is 11.9 Å². The van der Waals surface area contributed by atoms with Crippen LogP contribution in [0.1, 0.15) is 12.5 Å². The van der Waals surface area contributed by atoms with E-state index in [2.05, 4.69) is 22.4 Å². The van der Waals surface area contributed by atoms with E-state index in [4.69, 9.17) is 4.74 Å². The molecule has 0 amide bonds. The molecule has 98 valence electrons. The molecular weight excluding hydrogens is 236 g/mol. The van der Waals surface area contributed by atoms with Gasteiger partial charge in [0.25, 0.3) is 0 Å². The third kappa shape index (κ3) is 4.47. The fourth-order valence-corrected chi connectivity index (χ4v) is 1.67. The van der Waals surface area contributed by atoms with Gasteiger partial charge in [-0.1, -0.05) is 36.4 Å². The van der Waals surface area contributed by atoms with E-state index in [1.54, 1.807) is 6.20 Å². The highest BCUT2D eigenvalue weighted by atomic mass is 16.5. The number of anilines is 1. The molecule has 0 saturated heterocycles. The summed E-state index contributed by atoms with van der Waals surface area (Å²) in [6.07, 6.45) is 5.79. The Labute approximate surface area is 114 Å². The maximum Gasteiger partial charge on any atom is 0.129 e. The fraction of sp³-hybridized carbons (Fsp3) is 0.188. The predicted octanol–water partition coefficient (Wildman–Crippen LogP) is 3.61.